The molecule has 2 rings (SSSR count). The quantitative estimate of drug-likeness (QED) is 0.0141. The van der Waals surface area contributed by atoms with E-state index in [1.807, 2.05) is 5.32 Å². The number of halogens is 3. The fourth-order valence-corrected chi connectivity index (χ4v) is 10.7. The summed E-state index contributed by atoms with van der Waals surface area (Å²) in [5.41, 5.74) is 15.1. The number of carbonyl (C=O) groups excluding carboxylic acids is 13. The maximum Gasteiger partial charge on any atom is 0.490 e. The zero-order valence-corrected chi connectivity index (χ0v) is 70.1. The molecule has 0 fully saturated rings. The van der Waals surface area contributed by atoms with Crippen molar-refractivity contribution in [2.75, 3.05) is 19.7 Å². The second-order valence-electron chi connectivity index (χ2n) is 31.7. The molecule has 0 bridgehead atoms. The van der Waals surface area contributed by atoms with Crippen LogP contribution in [0.2, 0.25) is 0 Å². The van der Waals surface area contributed by atoms with Crippen LogP contribution in [-0.2, 0) is 87.9 Å². The highest BCUT2D eigenvalue weighted by atomic mass is 19.4. The van der Waals surface area contributed by atoms with Crippen LogP contribution in [0.1, 0.15) is 173 Å². The van der Waals surface area contributed by atoms with Crippen molar-refractivity contribution in [1.29, 1.82) is 0 Å². The number of aliphatic carboxylic acids is 2. The monoisotopic (exact) mass is 1700 g/mol. The van der Waals surface area contributed by atoms with Crippen LogP contribution in [0.3, 0.4) is 0 Å². The SMILES string of the molecule is CC[C@H](C)[C@H](NC(=O)[C@@H](CCCN=C(N)N)NC(=O)[C@H](CC(C)C)NC(=O)[C@@H](NC(=O)OC(C)(C)C)[C@H](O)C(C)C)C(=O)N[C@H](C(=O)NCC(=O)N[C@H](C(=O)NC(COC(C)(C)C)C(=O)O[C@H](c1ccccc1)[C@H](NC(=O)[C@H](CC(C)C)NC(=O)[C@@H](CC(C)C)NC(=O)OCc1ccccc1)C(=O)O)[C@H](O)C(N)=O)[C@H](C)O.O=C(O)C(F)(F)F. The zero-order chi connectivity index (χ0) is 91.3. The van der Waals surface area contributed by atoms with Crippen LogP contribution >= 0.6 is 0 Å². The van der Waals surface area contributed by atoms with E-state index in [4.69, 9.17) is 46.0 Å². The number of rotatable bonds is 46. The molecule has 0 aliphatic heterocycles. The minimum atomic E-state index is -5.08. The summed E-state index contributed by atoms with van der Waals surface area (Å²) < 4.78 is 54.2. The summed E-state index contributed by atoms with van der Waals surface area (Å²) in [6.07, 6.45) is -14.7. The fraction of sp³-hybridized carbons (Fsp3) is 0.636. The molecular formula is C77H122F3N15O24. The van der Waals surface area contributed by atoms with Gasteiger partial charge in [-0.3, -0.25) is 52.9 Å². The summed E-state index contributed by atoms with van der Waals surface area (Å²) in [5, 5.41) is 77.6. The molecule has 15 atom stereocenters. The van der Waals surface area contributed by atoms with Crippen LogP contribution in [-0.4, -0.2) is 236 Å². The molecule has 0 saturated carbocycles. The number of hydrogen-bond acceptors (Lipinski definition) is 23. The van der Waals surface area contributed by atoms with Crippen LogP contribution in [0.15, 0.2) is 65.7 Å². The minimum absolute atomic E-state index is 0.0223. The lowest BCUT2D eigenvalue weighted by atomic mass is 9.96. The van der Waals surface area contributed by atoms with E-state index >= 15 is 0 Å². The van der Waals surface area contributed by atoms with E-state index in [-0.39, 0.29) is 81.0 Å². The van der Waals surface area contributed by atoms with E-state index in [2.05, 4.69) is 58.2 Å². The number of ether oxygens (including phenoxy) is 4. The summed E-state index contributed by atoms with van der Waals surface area (Å²) in [7, 11) is 0. The molecule has 1 unspecified atom stereocenters. The Balaban J connectivity index is 0.00000964. The molecule has 2 aromatic rings. The molecule has 2 aromatic carbocycles. The molecule has 670 valence electrons. The Morgan fingerprint density at radius 2 is 0.950 bits per heavy atom. The third-order valence-corrected chi connectivity index (χ3v) is 17.0. The van der Waals surface area contributed by atoms with Gasteiger partial charge in [0.2, 0.25) is 59.1 Å². The number of primary amides is 1. The Morgan fingerprint density at radius 1 is 0.504 bits per heavy atom. The number of alkyl halides is 3. The molecule has 0 radical (unpaired) electrons. The number of nitrogens with two attached hydrogens (primary N) is 3. The number of esters is 1. The van der Waals surface area contributed by atoms with Gasteiger partial charge in [-0.15, -0.1) is 0 Å². The number of nitrogens with one attached hydrogen (secondary N) is 11. The van der Waals surface area contributed by atoms with Gasteiger partial charge in [0.1, 0.15) is 60.5 Å². The first-order chi connectivity index (χ1) is 55.0. The number of carboxylic acid groups (broad SMARTS) is 2. The highest BCUT2D eigenvalue weighted by molar-refractivity contribution is 5.99. The Kier molecular flexibility index (Phi) is 45.1. The minimum Gasteiger partial charge on any atom is -0.480 e. The number of benzene rings is 2. The highest BCUT2D eigenvalue weighted by Gasteiger charge is 2.44. The molecule has 0 spiro atoms. The van der Waals surface area contributed by atoms with Gasteiger partial charge < -0.3 is 120 Å². The zero-order valence-electron chi connectivity index (χ0n) is 70.1. The standard InChI is InChI=1S/C75H121N15O22.C2HF3O2/c1-18-42(10)52(87-61(96)46(30-25-31-79-71(77)78)81-62(97)47(32-38(2)3)83-67(102)54(57(93)41(8)9)90-73(108)112-75(15,16)17)66(101)88-53(43(11)91)65(100)80-35-51(92)86-55(58(94)60(76)95)68(103)84-50(37-110-74(12,13)14)70(106)111-59(45-28-23-20-24-29-45)56(69(104)105)89-64(99)48(33-39(4)5)82-63(98)49(34-40(6)7)85-72(107)109-36-44-26-21-19-22-27-44;3-2(4,5)1(6)7/h19-24,26-29,38-43,46-50,52-59,91,93-94H,18,25,30-37H2,1-17H3,(H2,76,95)(H,80,100)(H,81,97)(H,82,98)(H,83,102)(H,84,103)(H,85,107)(H,86,92)(H,87,96)(H,88,101)(H,89,99)(H,90,108)(H,104,105)(H4,77,78,79);(H,6,7)/t42-,43-,46+,47-,48-,49+,50?,52-,53-,54-,55-,56-,57+,58-,59+;/m0./s1. The van der Waals surface area contributed by atoms with Gasteiger partial charge in [0, 0.05) is 6.54 Å². The lowest BCUT2D eigenvalue weighted by molar-refractivity contribution is -0.192. The Hall–Kier alpha value is -11.0. The van der Waals surface area contributed by atoms with Crippen LogP contribution in [0.5, 0.6) is 0 Å². The van der Waals surface area contributed by atoms with Gasteiger partial charge in [-0.2, -0.15) is 13.2 Å². The number of hydrogen-bond donors (Lipinski definition) is 19. The maximum atomic E-state index is 14.6. The number of carbonyl (C=O) groups is 15. The predicted molar refractivity (Wildman–Crippen MR) is 423 cm³/mol. The van der Waals surface area contributed by atoms with E-state index in [0.717, 1.165) is 6.92 Å². The molecule has 0 aliphatic rings. The fourth-order valence-electron chi connectivity index (χ4n) is 10.7. The summed E-state index contributed by atoms with van der Waals surface area (Å²) in [6, 6.07) is -1.29. The maximum absolute atomic E-state index is 14.6. The van der Waals surface area contributed by atoms with Crippen LogP contribution in [0.4, 0.5) is 22.8 Å². The third kappa shape index (κ3) is 41.3. The van der Waals surface area contributed by atoms with Crippen molar-refractivity contribution >= 4 is 95.1 Å². The largest absolute Gasteiger partial charge is 0.490 e. The lowest BCUT2D eigenvalue weighted by Gasteiger charge is -2.31. The highest BCUT2D eigenvalue weighted by Crippen LogP contribution is 2.25. The van der Waals surface area contributed by atoms with E-state index in [0.29, 0.717) is 5.56 Å². The van der Waals surface area contributed by atoms with E-state index in [1.165, 1.54) is 24.3 Å². The predicted octanol–water partition coefficient (Wildman–Crippen LogP) is 0.469. The van der Waals surface area contributed by atoms with Crippen LogP contribution in [0, 0.1) is 29.6 Å². The van der Waals surface area contributed by atoms with Crippen molar-refractivity contribution in [3.05, 3.63) is 71.8 Å². The first kappa shape index (κ1) is 106. The number of aliphatic hydroxyl groups excluding tert-OH is 3. The number of amides is 12. The summed E-state index contributed by atoms with van der Waals surface area (Å²) in [4.78, 5) is 207. The number of carboxylic acids is 2. The molecule has 119 heavy (non-hydrogen) atoms. The number of alkyl carbamates (subject to hydrolysis) is 2. The van der Waals surface area contributed by atoms with Gasteiger partial charge in [0.25, 0.3) is 0 Å². The van der Waals surface area contributed by atoms with E-state index < -0.39 is 216 Å². The summed E-state index contributed by atoms with van der Waals surface area (Å²) in [6.45, 7) is 25.4. The second kappa shape index (κ2) is 50.7. The van der Waals surface area contributed by atoms with E-state index in [9.17, 15) is 101 Å². The van der Waals surface area contributed by atoms with Gasteiger partial charge in [-0.05, 0) is 121 Å². The van der Waals surface area contributed by atoms with Crippen molar-refractivity contribution in [1.82, 2.24) is 58.5 Å². The average Bonchev–Trinajstić information content (AvgIpc) is 0.820. The summed E-state index contributed by atoms with van der Waals surface area (Å²) in [5.74, 6) is -19.8. The number of nitrogens with zero attached hydrogens (tertiary/aromatic N) is 1. The Morgan fingerprint density at radius 3 is 1.40 bits per heavy atom. The summed E-state index contributed by atoms with van der Waals surface area (Å²) >= 11 is 0. The molecule has 42 heteroatoms. The van der Waals surface area contributed by atoms with Crippen molar-refractivity contribution in [2.45, 2.75) is 265 Å². The smallest absolute Gasteiger partial charge is 0.480 e. The first-order valence-electron chi connectivity index (χ1n) is 38.5. The van der Waals surface area contributed by atoms with E-state index in [1.54, 1.807) is 147 Å². The molecule has 0 heterocycles. The van der Waals surface area contributed by atoms with Crippen molar-refractivity contribution < 1.29 is 130 Å². The normalized spacial score (nSPS) is 15.4. The van der Waals surface area contributed by atoms with Gasteiger partial charge in [0.05, 0.1) is 31.0 Å². The molecule has 12 amide bonds. The van der Waals surface area contributed by atoms with Gasteiger partial charge in [0.15, 0.2) is 30.3 Å². The molecule has 0 aromatic heterocycles. The van der Waals surface area contributed by atoms with Crippen LogP contribution < -0.4 is 75.7 Å². The second-order valence-corrected chi connectivity index (χ2v) is 31.7. The molecular weight excluding hydrogens is 1580 g/mol. The van der Waals surface area contributed by atoms with Gasteiger partial charge in [-0.25, -0.2) is 24.0 Å². The molecule has 0 saturated heterocycles. The number of guanidine groups is 1. The number of aliphatic hydroxyl groups is 3. The lowest BCUT2D eigenvalue weighted by Crippen LogP contribution is -2.62. The van der Waals surface area contributed by atoms with Gasteiger partial charge >= 0.3 is 36.3 Å². The van der Waals surface area contributed by atoms with Gasteiger partial charge in [-0.1, -0.05) is 136 Å². The van der Waals surface area contributed by atoms with Crippen molar-refractivity contribution in [2.24, 2.45) is 51.8 Å². The topological polar surface area (TPSA) is 617 Å². The molecule has 39 nitrogen and oxygen atoms in total. The average molecular weight is 1700 g/mol. The van der Waals surface area contributed by atoms with Crippen LogP contribution in [0.25, 0.3) is 0 Å². The Labute approximate surface area is 689 Å². The molecule has 22 N–H and O–H groups in total. The third-order valence-electron chi connectivity index (χ3n) is 17.0. The van der Waals surface area contributed by atoms with Crippen molar-refractivity contribution in [3.63, 3.8) is 0 Å². The Bertz CT molecular complexity index is 3710. The first-order valence-corrected chi connectivity index (χ1v) is 38.5. The van der Waals surface area contributed by atoms with Crippen molar-refractivity contribution in [3.8, 4) is 0 Å². The number of aliphatic imine (C=N–C) groups is 1. The molecule has 0 aliphatic carbocycles.